The van der Waals surface area contributed by atoms with Crippen LogP contribution in [-0.2, 0) is 0 Å². The second-order valence-corrected chi connectivity index (χ2v) is 5.20. The van der Waals surface area contributed by atoms with Crippen molar-refractivity contribution in [1.29, 1.82) is 0 Å². The summed E-state index contributed by atoms with van der Waals surface area (Å²) < 4.78 is 6.03. The van der Waals surface area contributed by atoms with Gasteiger partial charge in [-0.25, -0.2) is 9.97 Å². The molecule has 0 aliphatic heterocycles. The summed E-state index contributed by atoms with van der Waals surface area (Å²) in [6.07, 6.45) is 4.21. The molecule has 2 N–H and O–H groups in total. The van der Waals surface area contributed by atoms with Gasteiger partial charge >= 0.3 is 0 Å². The highest BCUT2D eigenvalue weighted by Gasteiger charge is 2.11. The third kappa shape index (κ3) is 3.16. The lowest BCUT2D eigenvalue weighted by molar-refractivity contribution is 0.210. The summed E-state index contributed by atoms with van der Waals surface area (Å²) in [6.45, 7) is 4.83. The molecule has 0 aliphatic carbocycles. The standard InChI is InChI=1S/C16H19N5O/c1-3-12(22-13-6-4-5-11(2)7-13)8-17-15-14-9-20-21-16(14)19-10-18-15/h4-7,9-10,12H,3,8H2,1-2H3,(H2,17,18,19,20,21). The Bertz CT molecular complexity index is 755. The van der Waals surface area contributed by atoms with E-state index in [-0.39, 0.29) is 6.10 Å². The fourth-order valence-corrected chi connectivity index (χ4v) is 2.27. The maximum Gasteiger partial charge on any atom is 0.160 e. The first-order chi connectivity index (χ1) is 10.8. The van der Waals surface area contributed by atoms with Crippen molar-refractivity contribution in [2.24, 2.45) is 0 Å². The molecular formula is C16H19N5O. The van der Waals surface area contributed by atoms with Crippen molar-refractivity contribution in [2.45, 2.75) is 26.4 Å². The summed E-state index contributed by atoms with van der Waals surface area (Å²) in [4.78, 5) is 8.39. The predicted octanol–water partition coefficient (Wildman–Crippen LogP) is 2.93. The van der Waals surface area contributed by atoms with Gasteiger partial charge in [-0.3, -0.25) is 5.10 Å². The lowest BCUT2D eigenvalue weighted by Gasteiger charge is -2.19. The number of fused-ring (bicyclic) bond motifs is 1. The van der Waals surface area contributed by atoms with E-state index >= 15 is 0 Å². The number of H-pyrrole nitrogens is 1. The van der Waals surface area contributed by atoms with Crippen LogP contribution in [0.4, 0.5) is 5.82 Å². The summed E-state index contributed by atoms with van der Waals surface area (Å²) in [7, 11) is 0. The van der Waals surface area contributed by atoms with E-state index in [1.54, 1.807) is 6.20 Å². The lowest BCUT2D eigenvalue weighted by Crippen LogP contribution is -2.25. The van der Waals surface area contributed by atoms with Crippen molar-refractivity contribution in [3.8, 4) is 5.75 Å². The molecule has 1 atom stereocenters. The third-order valence-corrected chi connectivity index (χ3v) is 3.49. The van der Waals surface area contributed by atoms with E-state index < -0.39 is 0 Å². The average molecular weight is 297 g/mol. The number of hydrogen-bond donors (Lipinski definition) is 2. The maximum absolute atomic E-state index is 6.03. The lowest BCUT2D eigenvalue weighted by atomic mass is 10.2. The minimum Gasteiger partial charge on any atom is -0.489 e. The molecule has 3 rings (SSSR count). The number of aromatic nitrogens is 4. The molecule has 0 amide bonds. The van der Waals surface area contributed by atoms with Gasteiger partial charge < -0.3 is 10.1 Å². The number of nitrogens with one attached hydrogen (secondary N) is 2. The summed E-state index contributed by atoms with van der Waals surface area (Å²) in [6, 6.07) is 8.09. The van der Waals surface area contributed by atoms with Gasteiger partial charge in [-0.05, 0) is 31.0 Å². The van der Waals surface area contributed by atoms with Crippen molar-refractivity contribution in [3.63, 3.8) is 0 Å². The molecule has 0 aliphatic rings. The van der Waals surface area contributed by atoms with Gasteiger partial charge in [-0.2, -0.15) is 5.10 Å². The molecule has 6 heteroatoms. The molecular weight excluding hydrogens is 278 g/mol. The van der Waals surface area contributed by atoms with Crippen LogP contribution in [0.3, 0.4) is 0 Å². The molecule has 0 fully saturated rings. The van der Waals surface area contributed by atoms with E-state index in [0.29, 0.717) is 6.54 Å². The first-order valence-corrected chi connectivity index (χ1v) is 7.37. The van der Waals surface area contributed by atoms with E-state index in [2.05, 4.69) is 45.4 Å². The minimum atomic E-state index is 0.0683. The predicted molar refractivity (Wildman–Crippen MR) is 86.1 cm³/mol. The van der Waals surface area contributed by atoms with Gasteiger partial charge in [0.15, 0.2) is 5.65 Å². The van der Waals surface area contributed by atoms with Crippen LogP contribution in [0.15, 0.2) is 36.8 Å². The Morgan fingerprint density at radius 2 is 2.23 bits per heavy atom. The summed E-state index contributed by atoms with van der Waals surface area (Å²) in [5.74, 6) is 1.66. The van der Waals surface area contributed by atoms with Crippen molar-refractivity contribution in [3.05, 3.63) is 42.4 Å². The smallest absolute Gasteiger partial charge is 0.160 e. The Morgan fingerprint density at radius 3 is 3.05 bits per heavy atom. The number of aryl methyl sites for hydroxylation is 1. The number of hydrogen-bond acceptors (Lipinski definition) is 5. The minimum absolute atomic E-state index is 0.0683. The zero-order valence-electron chi connectivity index (χ0n) is 12.7. The molecule has 2 aromatic heterocycles. The summed E-state index contributed by atoms with van der Waals surface area (Å²) in [5, 5.41) is 11.0. The van der Waals surface area contributed by atoms with E-state index in [1.807, 2.05) is 18.2 Å². The van der Waals surface area contributed by atoms with E-state index in [1.165, 1.54) is 11.9 Å². The van der Waals surface area contributed by atoms with Crippen molar-refractivity contribution in [1.82, 2.24) is 20.2 Å². The first-order valence-electron chi connectivity index (χ1n) is 7.37. The van der Waals surface area contributed by atoms with Gasteiger partial charge in [0, 0.05) is 0 Å². The van der Waals surface area contributed by atoms with Crippen LogP contribution >= 0.6 is 0 Å². The molecule has 1 unspecified atom stereocenters. The van der Waals surface area contributed by atoms with Crippen LogP contribution in [0.5, 0.6) is 5.75 Å². The van der Waals surface area contributed by atoms with Crippen molar-refractivity contribution in [2.75, 3.05) is 11.9 Å². The second kappa shape index (κ2) is 6.43. The van der Waals surface area contributed by atoms with Crippen LogP contribution in [0.25, 0.3) is 11.0 Å². The second-order valence-electron chi connectivity index (χ2n) is 5.20. The van der Waals surface area contributed by atoms with E-state index in [4.69, 9.17) is 4.74 Å². The zero-order chi connectivity index (χ0) is 15.4. The molecule has 1 aromatic carbocycles. The largest absolute Gasteiger partial charge is 0.489 e. The Hall–Kier alpha value is -2.63. The summed E-state index contributed by atoms with van der Waals surface area (Å²) in [5.41, 5.74) is 1.92. The Balaban J connectivity index is 1.67. The Labute approximate surface area is 128 Å². The van der Waals surface area contributed by atoms with Crippen LogP contribution in [0.2, 0.25) is 0 Å². The normalized spacial score (nSPS) is 12.3. The van der Waals surface area contributed by atoms with Gasteiger partial charge in [0.25, 0.3) is 0 Å². The molecule has 0 bridgehead atoms. The topological polar surface area (TPSA) is 75.7 Å². The maximum atomic E-state index is 6.03. The number of anilines is 1. The monoisotopic (exact) mass is 297 g/mol. The Kier molecular flexibility index (Phi) is 4.18. The molecule has 0 spiro atoms. The molecule has 0 radical (unpaired) electrons. The van der Waals surface area contributed by atoms with Crippen LogP contribution in [0.1, 0.15) is 18.9 Å². The highest BCUT2D eigenvalue weighted by molar-refractivity contribution is 5.85. The average Bonchev–Trinajstić information content (AvgIpc) is 3.00. The van der Waals surface area contributed by atoms with Gasteiger partial charge in [0.1, 0.15) is 24.0 Å². The Morgan fingerprint density at radius 1 is 1.32 bits per heavy atom. The quantitative estimate of drug-likeness (QED) is 0.731. The van der Waals surface area contributed by atoms with E-state index in [0.717, 1.165) is 29.0 Å². The third-order valence-electron chi connectivity index (χ3n) is 3.49. The fraction of sp³-hybridized carbons (Fsp3) is 0.312. The van der Waals surface area contributed by atoms with Gasteiger partial charge in [-0.1, -0.05) is 19.1 Å². The molecule has 3 aromatic rings. The molecule has 6 nitrogen and oxygen atoms in total. The highest BCUT2D eigenvalue weighted by atomic mass is 16.5. The number of rotatable bonds is 6. The summed E-state index contributed by atoms with van der Waals surface area (Å²) >= 11 is 0. The number of aromatic amines is 1. The van der Waals surface area contributed by atoms with Crippen molar-refractivity contribution >= 4 is 16.9 Å². The first kappa shape index (κ1) is 14.3. The molecule has 2 heterocycles. The molecule has 0 saturated heterocycles. The zero-order valence-corrected chi connectivity index (χ0v) is 12.7. The van der Waals surface area contributed by atoms with Crippen LogP contribution in [-0.4, -0.2) is 32.8 Å². The van der Waals surface area contributed by atoms with Crippen LogP contribution in [0, 0.1) is 6.92 Å². The number of benzene rings is 1. The fourth-order valence-electron chi connectivity index (χ4n) is 2.27. The number of nitrogens with zero attached hydrogens (tertiary/aromatic N) is 3. The van der Waals surface area contributed by atoms with E-state index in [9.17, 15) is 0 Å². The highest BCUT2D eigenvalue weighted by Crippen LogP contribution is 2.18. The number of ether oxygens (including phenoxy) is 1. The molecule has 114 valence electrons. The van der Waals surface area contributed by atoms with Gasteiger partial charge in [0.05, 0.1) is 18.1 Å². The molecule has 22 heavy (non-hydrogen) atoms. The SMILES string of the molecule is CCC(CNc1ncnc2[nH]ncc12)Oc1cccc(C)c1. The van der Waals surface area contributed by atoms with Crippen LogP contribution < -0.4 is 10.1 Å². The van der Waals surface area contributed by atoms with Gasteiger partial charge in [-0.15, -0.1) is 0 Å². The molecule has 0 saturated carbocycles. The van der Waals surface area contributed by atoms with Crippen molar-refractivity contribution < 1.29 is 4.74 Å². The van der Waals surface area contributed by atoms with Gasteiger partial charge in [0.2, 0.25) is 0 Å².